The summed E-state index contributed by atoms with van der Waals surface area (Å²) in [5, 5.41) is 0. The van der Waals surface area contributed by atoms with Crippen molar-refractivity contribution < 1.29 is 35.9 Å². The lowest BCUT2D eigenvalue weighted by Gasteiger charge is -2.32. The van der Waals surface area contributed by atoms with Gasteiger partial charge in [-0.2, -0.15) is 13.2 Å². The fraction of sp³-hybridized carbons (Fsp3) is 0.444. The normalized spacial score (nSPS) is 19.7. The molecule has 0 saturated heterocycles. The molecule has 0 aromatic heterocycles. The summed E-state index contributed by atoms with van der Waals surface area (Å²) in [6.07, 6.45) is 1.56. The number of halogens is 6. The maximum absolute atomic E-state index is 14.7. The fourth-order valence-corrected chi connectivity index (χ4v) is 4.78. The second-order valence-corrected chi connectivity index (χ2v) is 9.18. The van der Waals surface area contributed by atoms with E-state index in [4.69, 9.17) is 4.74 Å². The summed E-state index contributed by atoms with van der Waals surface area (Å²) in [6, 6.07) is 5.38. The lowest BCUT2D eigenvalue weighted by Crippen LogP contribution is -2.19. The molecule has 3 rings (SSSR count). The van der Waals surface area contributed by atoms with Gasteiger partial charge in [0, 0.05) is 23.8 Å². The Morgan fingerprint density at radius 3 is 2.20 bits per heavy atom. The zero-order chi connectivity index (χ0) is 25.8. The summed E-state index contributed by atoms with van der Waals surface area (Å²) in [5.41, 5.74) is -0.545. The van der Waals surface area contributed by atoms with Crippen molar-refractivity contribution in [2.45, 2.75) is 64.5 Å². The Bertz CT molecular complexity index is 1040. The van der Waals surface area contributed by atoms with E-state index in [1.54, 1.807) is 6.07 Å². The standard InChI is InChI=1S/C27H28F6O2/c1-3-4-16(2)17-5-7-18(8-6-17)19-9-10-22(23(28)13-19)26(34)35-20-14-24(29)21(25(30)15-20)11-12-27(31,32)33/h9-18H,3-8H2,1-2H3/b12-11+. The predicted molar refractivity (Wildman–Crippen MR) is 122 cm³/mol. The molecule has 1 aliphatic carbocycles. The quantitative estimate of drug-likeness (QED) is 0.217. The number of alkyl halides is 3. The van der Waals surface area contributed by atoms with Crippen LogP contribution in [0.15, 0.2) is 36.4 Å². The Labute approximate surface area is 201 Å². The Balaban J connectivity index is 1.67. The van der Waals surface area contributed by atoms with Crippen molar-refractivity contribution in [1.82, 2.24) is 0 Å². The van der Waals surface area contributed by atoms with Gasteiger partial charge in [0.1, 0.15) is 23.2 Å². The highest BCUT2D eigenvalue weighted by atomic mass is 19.4. The minimum atomic E-state index is -4.75. The third kappa shape index (κ3) is 7.12. The van der Waals surface area contributed by atoms with Gasteiger partial charge in [-0.1, -0.05) is 32.8 Å². The van der Waals surface area contributed by atoms with Gasteiger partial charge in [-0.05, 0) is 67.2 Å². The van der Waals surface area contributed by atoms with E-state index in [2.05, 4.69) is 13.8 Å². The minimum absolute atomic E-state index is 0.195. The van der Waals surface area contributed by atoms with E-state index in [-0.39, 0.29) is 18.1 Å². The molecule has 0 heterocycles. The summed E-state index contributed by atoms with van der Waals surface area (Å²) in [4.78, 5) is 12.4. The van der Waals surface area contributed by atoms with Crippen LogP contribution in [0.5, 0.6) is 5.75 Å². The van der Waals surface area contributed by atoms with E-state index in [0.717, 1.165) is 37.7 Å². The number of ether oxygens (including phenoxy) is 1. The molecule has 0 spiro atoms. The van der Waals surface area contributed by atoms with Crippen LogP contribution in [0.2, 0.25) is 0 Å². The summed E-state index contributed by atoms with van der Waals surface area (Å²) in [5.74, 6) is -3.73. The molecule has 8 heteroatoms. The highest BCUT2D eigenvalue weighted by Crippen LogP contribution is 2.40. The SMILES string of the molecule is CCCC(C)C1CCC(c2ccc(C(=O)Oc3cc(F)c(/C=C/C(F)(F)F)c(F)c3)c(F)c2)CC1. The summed E-state index contributed by atoms with van der Waals surface area (Å²) in [6.45, 7) is 4.45. The van der Waals surface area contributed by atoms with Gasteiger partial charge in [0.2, 0.25) is 0 Å². The van der Waals surface area contributed by atoms with Crippen LogP contribution in [0.25, 0.3) is 6.08 Å². The van der Waals surface area contributed by atoms with Crippen LogP contribution < -0.4 is 4.74 Å². The van der Waals surface area contributed by atoms with Crippen molar-refractivity contribution >= 4 is 12.0 Å². The maximum atomic E-state index is 14.7. The van der Waals surface area contributed by atoms with Crippen molar-refractivity contribution in [3.63, 3.8) is 0 Å². The summed E-state index contributed by atoms with van der Waals surface area (Å²) < 4.78 is 84.6. The molecule has 1 unspecified atom stereocenters. The predicted octanol–water partition coefficient (Wildman–Crippen LogP) is 8.61. The first-order valence-electron chi connectivity index (χ1n) is 11.7. The zero-order valence-electron chi connectivity index (χ0n) is 19.6. The van der Waals surface area contributed by atoms with Crippen LogP contribution in [0.1, 0.15) is 79.8 Å². The largest absolute Gasteiger partial charge is 0.423 e. The lowest BCUT2D eigenvalue weighted by molar-refractivity contribution is -0.0790. The lowest BCUT2D eigenvalue weighted by atomic mass is 9.73. The summed E-state index contributed by atoms with van der Waals surface area (Å²) in [7, 11) is 0. The molecule has 2 aromatic carbocycles. The third-order valence-electron chi connectivity index (χ3n) is 6.71. The van der Waals surface area contributed by atoms with Gasteiger partial charge < -0.3 is 4.74 Å². The van der Waals surface area contributed by atoms with Gasteiger partial charge in [0.15, 0.2) is 0 Å². The molecule has 1 atom stereocenters. The molecule has 1 aliphatic rings. The number of benzene rings is 2. The molecule has 0 amide bonds. The zero-order valence-corrected chi connectivity index (χ0v) is 19.6. The molecule has 0 aliphatic heterocycles. The van der Waals surface area contributed by atoms with E-state index in [0.29, 0.717) is 24.0 Å². The second kappa shape index (κ2) is 11.3. The van der Waals surface area contributed by atoms with E-state index in [1.807, 2.05) is 0 Å². The van der Waals surface area contributed by atoms with Crippen LogP contribution in [-0.2, 0) is 0 Å². The highest BCUT2D eigenvalue weighted by molar-refractivity contribution is 5.91. The minimum Gasteiger partial charge on any atom is -0.423 e. The Hall–Kier alpha value is -2.77. The molecular formula is C27H28F6O2. The first-order valence-corrected chi connectivity index (χ1v) is 11.7. The molecule has 1 fully saturated rings. The summed E-state index contributed by atoms with van der Waals surface area (Å²) >= 11 is 0. The fourth-order valence-electron chi connectivity index (χ4n) is 4.78. The van der Waals surface area contributed by atoms with Crippen molar-refractivity contribution in [3.8, 4) is 5.75 Å². The molecule has 2 nitrogen and oxygen atoms in total. The number of hydrogen-bond acceptors (Lipinski definition) is 2. The average Bonchev–Trinajstić information content (AvgIpc) is 2.78. The molecule has 190 valence electrons. The van der Waals surface area contributed by atoms with Gasteiger partial charge in [-0.25, -0.2) is 18.0 Å². The number of carbonyl (C=O) groups is 1. The van der Waals surface area contributed by atoms with Crippen LogP contribution in [0, 0.1) is 29.3 Å². The van der Waals surface area contributed by atoms with Crippen LogP contribution >= 0.6 is 0 Å². The number of carbonyl (C=O) groups excluding carboxylic acids is 1. The number of hydrogen-bond donors (Lipinski definition) is 0. The monoisotopic (exact) mass is 498 g/mol. The van der Waals surface area contributed by atoms with Crippen molar-refractivity contribution in [2.75, 3.05) is 0 Å². The number of rotatable bonds is 7. The van der Waals surface area contributed by atoms with E-state index in [9.17, 15) is 31.1 Å². The van der Waals surface area contributed by atoms with Gasteiger partial charge >= 0.3 is 12.1 Å². The molecule has 1 saturated carbocycles. The van der Waals surface area contributed by atoms with Gasteiger partial charge in [-0.15, -0.1) is 0 Å². The van der Waals surface area contributed by atoms with Crippen LogP contribution in [-0.4, -0.2) is 12.1 Å². The molecule has 2 aromatic rings. The van der Waals surface area contributed by atoms with Crippen LogP contribution in [0.3, 0.4) is 0 Å². The van der Waals surface area contributed by atoms with Gasteiger partial charge in [0.05, 0.1) is 5.56 Å². The molecule has 0 bridgehead atoms. The number of allylic oxidation sites excluding steroid dienone is 1. The second-order valence-electron chi connectivity index (χ2n) is 9.18. The highest BCUT2D eigenvalue weighted by Gasteiger charge is 2.27. The van der Waals surface area contributed by atoms with E-state index < -0.39 is 46.5 Å². The van der Waals surface area contributed by atoms with Crippen molar-refractivity contribution in [2.24, 2.45) is 11.8 Å². The smallest absolute Gasteiger partial charge is 0.409 e. The maximum Gasteiger partial charge on any atom is 0.409 e. The van der Waals surface area contributed by atoms with Crippen molar-refractivity contribution in [1.29, 1.82) is 0 Å². The van der Waals surface area contributed by atoms with Gasteiger partial charge in [0.25, 0.3) is 0 Å². The van der Waals surface area contributed by atoms with E-state index >= 15 is 0 Å². The molecule has 35 heavy (non-hydrogen) atoms. The average molecular weight is 499 g/mol. The first-order chi connectivity index (χ1) is 16.5. The van der Waals surface area contributed by atoms with Crippen LogP contribution in [0.4, 0.5) is 26.3 Å². The topological polar surface area (TPSA) is 26.3 Å². The molecule has 0 radical (unpaired) electrons. The van der Waals surface area contributed by atoms with E-state index in [1.165, 1.54) is 18.6 Å². The number of esters is 1. The molecular weight excluding hydrogens is 470 g/mol. The Morgan fingerprint density at radius 2 is 1.66 bits per heavy atom. The van der Waals surface area contributed by atoms with Gasteiger partial charge in [-0.3, -0.25) is 0 Å². The van der Waals surface area contributed by atoms with Crippen molar-refractivity contribution in [3.05, 3.63) is 70.5 Å². The molecule has 0 N–H and O–H groups in total. The third-order valence-corrected chi connectivity index (χ3v) is 6.71. The Morgan fingerprint density at radius 1 is 1.03 bits per heavy atom. The Kier molecular flexibility index (Phi) is 8.67. The first kappa shape index (κ1) is 26.8.